The van der Waals surface area contributed by atoms with Crippen molar-refractivity contribution >= 4 is 11.8 Å². The Morgan fingerprint density at radius 3 is 2.81 bits per heavy atom. The molecule has 0 saturated carbocycles. The number of rotatable bonds is 5. The predicted molar refractivity (Wildman–Crippen MR) is 87.1 cm³/mol. The smallest absolute Gasteiger partial charge is 0.296 e. The van der Waals surface area contributed by atoms with Crippen molar-refractivity contribution in [2.75, 3.05) is 5.75 Å². The lowest BCUT2D eigenvalue weighted by Crippen LogP contribution is -2.28. The van der Waals surface area contributed by atoms with Crippen LogP contribution in [0, 0.1) is 0 Å². The quantitative estimate of drug-likeness (QED) is 0.629. The van der Waals surface area contributed by atoms with Gasteiger partial charge in [0, 0.05) is 17.8 Å². The van der Waals surface area contributed by atoms with Crippen LogP contribution in [0.2, 0.25) is 0 Å². The average Bonchev–Trinajstić information content (AvgIpc) is 2.98. The van der Waals surface area contributed by atoms with Crippen molar-refractivity contribution in [1.82, 2.24) is 9.55 Å². The van der Waals surface area contributed by atoms with Gasteiger partial charge < -0.3 is 0 Å². The maximum Gasteiger partial charge on any atom is 0.348 e. The summed E-state index contributed by atoms with van der Waals surface area (Å²) in [5.74, 6) is 0.965. The Balaban J connectivity index is 1.89. The molecule has 0 bridgehead atoms. The van der Waals surface area contributed by atoms with Gasteiger partial charge in [-0.3, -0.25) is 4.57 Å². The first-order chi connectivity index (χ1) is 10.3. The molecule has 110 valence electrons. The Kier molecular flexibility index (Phi) is 4.44. The second-order valence-corrected chi connectivity index (χ2v) is 6.55. The monoisotopic (exact) mass is 300 g/mol. The van der Waals surface area contributed by atoms with E-state index in [1.165, 1.54) is 16.8 Å². The summed E-state index contributed by atoms with van der Waals surface area (Å²) in [5, 5.41) is 0.964. The Hall–Kier alpha value is -1.55. The molecule has 21 heavy (non-hydrogen) atoms. The zero-order valence-corrected chi connectivity index (χ0v) is 13.2. The van der Waals surface area contributed by atoms with Crippen LogP contribution >= 0.6 is 11.8 Å². The van der Waals surface area contributed by atoms with E-state index in [9.17, 15) is 4.79 Å². The van der Waals surface area contributed by atoms with Crippen LogP contribution in [-0.2, 0) is 25.8 Å². The third-order valence-corrected chi connectivity index (χ3v) is 4.85. The van der Waals surface area contributed by atoms with E-state index in [1.807, 2.05) is 22.8 Å². The fourth-order valence-corrected chi connectivity index (χ4v) is 3.77. The van der Waals surface area contributed by atoms with Crippen LogP contribution in [0.3, 0.4) is 0 Å². The highest BCUT2D eigenvalue weighted by molar-refractivity contribution is 7.99. The third kappa shape index (κ3) is 3.05. The molecular weight excluding hydrogens is 280 g/mol. The van der Waals surface area contributed by atoms with Gasteiger partial charge in [0.2, 0.25) is 0 Å². The topological polar surface area (TPSA) is 34.9 Å². The number of hydrogen-bond acceptors (Lipinski definition) is 3. The van der Waals surface area contributed by atoms with Crippen molar-refractivity contribution in [2.45, 2.75) is 44.2 Å². The highest BCUT2D eigenvalue weighted by atomic mass is 32.2. The average molecular weight is 300 g/mol. The van der Waals surface area contributed by atoms with E-state index < -0.39 is 0 Å². The van der Waals surface area contributed by atoms with Crippen molar-refractivity contribution < 1.29 is 0 Å². The van der Waals surface area contributed by atoms with Crippen molar-refractivity contribution in [3.05, 3.63) is 57.6 Å². The Morgan fingerprint density at radius 1 is 1.24 bits per heavy atom. The van der Waals surface area contributed by atoms with E-state index in [0.717, 1.165) is 43.0 Å². The van der Waals surface area contributed by atoms with E-state index in [1.54, 1.807) is 11.8 Å². The Morgan fingerprint density at radius 2 is 2.05 bits per heavy atom. The van der Waals surface area contributed by atoms with Gasteiger partial charge in [0.05, 0.1) is 0 Å². The third-order valence-electron chi connectivity index (χ3n) is 3.95. The first-order valence-corrected chi connectivity index (χ1v) is 8.57. The van der Waals surface area contributed by atoms with Crippen molar-refractivity contribution in [3.63, 3.8) is 0 Å². The minimum absolute atomic E-state index is 0.0810. The fourth-order valence-electron chi connectivity index (χ4n) is 2.96. The van der Waals surface area contributed by atoms with Gasteiger partial charge in [0.1, 0.15) is 5.03 Å². The molecule has 0 spiro atoms. The van der Waals surface area contributed by atoms with Gasteiger partial charge in [-0.2, -0.15) is 4.98 Å². The zero-order valence-electron chi connectivity index (χ0n) is 12.3. The largest absolute Gasteiger partial charge is 0.348 e. The molecule has 2 aromatic rings. The maximum atomic E-state index is 12.3. The highest BCUT2D eigenvalue weighted by Gasteiger charge is 2.21. The van der Waals surface area contributed by atoms with Crippen LogP contribution in [0.4, 0.5) is 0 Å². The molecule has 3 rings (SSSR count). The van der Waals surface area contributed by atoms with Crippen molar-refractivity contribution in [3.8, 4) is 0 Å². The minimum Gasteiger partial charge on any atom is -0.296 e. The molecule has 0 unspecified atom stereocenters. The minimum atomic E-state index is -0.0810. The first-order valence-electron chi connectivity index (χ1n) is 7.59. The van der Waals surface area contributed by atoms with E-state index in [0.29, 0.717) is 0 Å². The summed E-state index contributed by atoms with van der Waals surface area (Å²) in [4.78, 5) is 16.7. The number of nitrogens with zero attached hydrogens (tertiary/aromatic N) is 2. The molecule has 1 heterocycles. The molecule has 0 atom stereocenters. The van der Waals surface area contributed by atoms with Crippen LogP contribution in [0.5, 0.6) is 0 Å². The summed E-state index contributed by atoms with van der Waals surface area (Å²) in [5.41, 5.74) is 3.72. The van der Waals surface area contributed by atoms with Gasteiger partial charge in [-0.25, -0.2) is 4.79 Å². The van der Waals surface area contributed by atoms with E-state index in [4.69, 9.17) is 0 Å². The highest BCUT2D eigenvalue weighted by Crippen LogP contribution is 2.28. The standard InChI is InChI=1S/C17H20N2OS/c1-2-21-16-14-9-6-10-15(14)19(17(20)18-16)12-11-13-7-4-3-5-8-13/h3-5,7-8H,2,6,9-12H2,1H3. The van der Waals surface area contributed by atoms with Crippen molar-refractivity contribution in [2.24, 2.45) is 0 Å². The summed E-state index contributed by atoms with van der Waals surface area (Å²) in [6.07, 6.45) is 4.10. The maximum absolute atomic E-state index is 12.3. The number of aromatic nitrogens is 2. The van der Waals surface area contributed by atoms with E-state index >= 15 is 0 Å². The summed E-state index contributed by atoms with van der Waals surface area (Å²) in [7, 11) is 0. The molecular formula is C17H20N2OS. The SMILES string of the molecule is CCSc1nc(=O)n(CCc2ccccc2)c2c1CCC2. The van der Waals surface area contributed by atoms with Gasteiger partial charge in [0.25, 0.3) is 0 Å². The number of thioether (sulfide) groups is 1. The normalized spacial score (nSPS) is 13.4. The molecule has 1 aromatic heterocycles. The van der Waals surface area contributed by atoms with E-state index in [2.05, 4.69) is 24.0 Å². The molecule has 0 saturated heterocycles. The van der Waals surface area contributed by atoms with E-state index in [-0.39, 0.29) is 5.69 Å². The lowest BCUT2D eigenvalue weighted by molar-refractivity contribution is 0.607. The summed E-state index contributed by atoms with van der Waals surface area (Å²) in [6.45, 7) is 2.84. The molecule has 0 aliphatic heterocycles. The number of hydrogen-bond donors (Lipinski definition) is 0. The second kappa shape index (κ2) is 6.48. The lowest BCUT2D eigenvalue weighted by Gasteiger charge is -2.13. The van der Waals surface area contributed by atoms with Crippen LogP contribution < -0.4 is 5.69 Å². The van der Waals surface area contributed by atoms with Crippen LogP contribution in [-0.4, -0.2) is 15.3 Å². The van der Waals surface area contributed by atoms with Gasteiger partial charge in [-0.1, -0.05) is 37.3 Å². The Labute approximate surface area is 129 Å². The van der Waals surface area contributed by atoms with Gasteiger partial charge in [-0.15, -0.1) is 11.8 Å². The Bertz CT molecular complexity index is 679. The number of aryl methyl sites for hydroxylation is 1. The van der Waals surface area contributed by atoms with Gasteiger partial charge >= 0.3 is 5.69 Å². The van der Waals surface area contributed by atoms with Crippen LogP contribution in [0.15, 0.2) is 40.2 Å². The summed E-state index contributed by atoms with van der Waals surface area (Å²) in [6, 6.07) is 10.3. The van der Waals surface area contributed by atoms with Gasteiger partial charge in [0.15, 0.2) is 0 Å². The zero-order chi connectivity index (χ0) is 14.7. The molecule has 1 aromatic carbocycles. The molecule has 1 aliphatic rings. The van der Waals surface area contributed by atoms with Crippen LogP contribution in [0.1, 0.15) is 30.2 Å². The molecule has 4 heteroatoms. The molecule has 0 radical (unpaired) electrons. The lowest BCUT2D eigenvalue weighted by atomic mass is 10.1. The number of benzene rings is 1. The first kappa shape index (κ1) is 14.4. The second-order valence-electron chi connectivity index (χ2n) is 5.30. The summed E-state index contributed by atoms with van der Waals surface area (Å²) >= 11 is 1.69. The molecule has 0 fully saturated rings. The molecule has 0 amide bonds. The predicted octanol–water partition coefficient (Wildman–Crippen LogP) is 3.09. The van der Waals surface area contributed by atoms with Crippen molar-refractivity contribution in [1.29, 1.82) is 0 Å². The molecule has 1 aliphatic carbocycles. The van der Waals surface area contributed by atoms with Gasteiger partial charge in [-0.05, 0) is 37.0 Å². The number of fused-ring (bicyclic) bond motifs is 1. The summed E-state index contributed by atoms with van der Waals surface area (Å²) < 4.78 is 1.90. The molecule has 3 nitrogen and oxygen atoms in total. The fraction of sp³-hybridized carbons (Fsp3) is 0.412. The molecule has 0 N–H and O–H groups in total. The van der Waals surface area contributed by atoms with Crippen LogP contribution in [0.25, 0.3) is 0 Å².